The summed E-state index contributed by atoms with van der Waals surface area (Å²) in [6, 6.07) is 0. The Kier molecular flexibility index (Phi) is 6.15. The fourth-order valence-electron chi connectivity index (χ4n) is 8.67. The molecular weight excluding hydrogens is 536 g/mol. The van der Waals surface area contributed by atoms with E-state index in [4.69, 9.17) is 23.7 Å². The number of fused-ring (bicyclic) bond motifs is 1. The molecule has 224 valence electrons. The molecule has 1 aliphatic carbocycles. The van der Waals surface area contributed by atoms with E-state index in [0.717, 1.165) is 0 Å². The van der Waals surface area contributed by atoms with Crippen LogP contribution in [0.2, 0.25) is 0 Å². The average molecular weight is 575 g/mol. The number of hydrogen-bond donors (Lipinski definition) is 2. The third-order valence-corrected chi connectivity index (χ3v) is 10.8. The van der Waals surface area contributed by atoms with Crippen molar-refractivity contribution in [2.45, 2.75) is 107 Å². The first kappa shape index (κ1) is 28.7. The number of methoxy groups -OCH3 is 1. The van der Waals surface area contributed by atoms with Crippen LogP contribution in [0.25, 0.3) is 0 Å². The molecule has 0 radical (unpaired) electrons. The predicted molar refractivity (Wildman–Crippen MR) is 139 cm³/mol. The number of carbonyl (C=O) groups excluding carboxylic acids is 4. The van der Waals surface area contributed by atoms with Crippen LogP contribution >= 0.6 is 0 Å². The van der Waals surface area contributed by atoms with Crippen molar-refractivity contribution in [1.29, 1.82) is 0 Å². The zero-order valence-corrected chi connectivity index (χ0v) is 24.1. The standard InChI is InChI=1S/C30H38O11/c1-16(10-18-11-17(2)23(34)38-18)22(33)25(3)8-9-27-14-28-19(26(4,15-31)39-20(28)12-21(32)40-28)6-7-29(27,36)24(35)30(13-25,37-5)41-27/h10-11,16,19-20,31,36H,6-9,12-15H2,1-5H3/t16-,19+,20-,25+,26+,27+,28-,29-,30-/m1/s1. The fourth-order valence-corrected chi connectivity index (χ4v) is 8.67. The first-order valence-electron chi connectivity index (χ1n) is 14.3. The highest BCUT2D eigenvalue weighted by molar-refractivity contribution is 5.99. The molecule has 41 heavy (non-hydrogen) atoms. The maximum absolute atomic E-state index is 14.3. The van der Waals surface area contributed by atoms with Gasteiger partial charge in [-0.3, -0.25) is 14.4 Å². The van der Waals surface area contributed by atoms with Gasteiger partial charge in [-0.2, -0.15) is 0 Å². The fraction of sp³-hybridized carbons (Fsp3) is 0.733. The molecule has 0 aromatic carbocycles. The molecule has 5 aliphatic heterocycles. The van der Waals surface area contributed by atoms with Gasteiger partial charge >= 0.3 is 11.9 Å². The average Bonchev–Trinajstić information content (AvgIpc) is 3.45. The highest BCUT2D eigenvalue weighted by Gasteiger charge is 2.80. The van der Waals surface area contributed by atoms with Crippen LogP contribution in [0.4, 0.5) is 0 Å². The van der Waals surface area contributed by atoms with Gasteiger partial charge in [-0.25, -0.2) is 4.79 Å². The minimum absolute atomic E-state index is 0.00318. The van der Waals surface area contributed by atoms with Crippen LogP contribution in [0, 0.1) is 17.3 Å². The normalized spacial score (nSPS) is 48.5. The summed E-state index contributed by atoms with van der Waals surface area (Å²) in [6.07, 6.45) is 2.95. The van der Waals surface area contributed by atoms with Crippen molar-refractivity contribution in [3.63, 3.8) is 0 Å². The number of ether oxygens (including phenoxy) is 5. The largest absolute Gasteiger partial charge is 0.456 e. The molecule has 5 heterocycles. The van der Waals surface area contributed by atoms with E-state index in [9.17, 15) is 29.4 Å². The summed E-state index contributed by atoms with van der Waals surface area (Å²) in [6.45, 7) is 6.54. The Hall–Kier alpha value is -2.44. The van der Waals surface area contributed by atoms with Gasteiger partial charge in [0.25, 0.3) is 0 Å². The summed E-state index contributed by atoms with van der Waals surface area (Å²) in [5.74, 6) is -4.50. The molecule has 11 heteroatoms. The molecule has 2 spiro atoms. The summed E-state index contributed by atoms with van der Waals surface area (Å²) >= 11 is 0. The number of carbonyl (C=O) groups is 4. The molecule has 2 N–H and O–H groups in total. The molecule has 6 rings (SSSR count). The zero-order chi connectivity index (χ0) is 29.8. The Balaban J connectivity index is 1.39. The van der Waals surface area contributed by atoms with Gasteiger partial charge in [0.05, 0.1) is 18.6 Å². The number of Topliss-reactive ketones (excluding diaryl/α,β-unsaturated/α-hetero) is 2. The third-order valence-electron chi connectivity index (χ3n) is 10.8. The summed E-state index contributed by atoms with van der Waals surface area (Å²) in [5, 5.41) is 22.5. The topological polar surface area (TPSA) is 155 Å². The second-order valence-electron chi connectivity index (χ2n) is 13.4. The highest BCUT2D eigenvalue weighted by atomic mass is 16.7. The molecule has 5 fully saturated rings. The molecule has 0 aromatic heterocycles. The minimum atomic E-state index is -1.96. The van der Waals surface area contributed by atoms with Gasteiger partial charge in [-0.1, -0.05) is 13.8 Å². The summed E-state index contributed by atoms with van der Waals surface area (Å²) < 4.78 is 29.9. The first-order valence-corrected chi connectivity index (χ1v) is 14.3. The summed E-state index contributed by atoms with van der Waals surface area (Å²) in [5.41, 5.74) is -6.40. The van der Waals surface area contributed by atoms with Crippen molar-refractivity contribution in [1.82, 2.24) is 0 Å². The van der Waals surface area contributed by atoms with Crippen LogP contribution in [0.5, 0.6) is 0 Å². The van der Waals surface area contributed by atoms with Gasteiger partial charge in [0, 0.05) is 42.8 Å². The molecule has 0 amide bonds. The van der Waals surface area contributed by atoms with Gasteiger partial charge in [0.15, 0.2) is 5.60 Å². The van der Waals surface area contributed by atoms with E-state index >= 15 is 0 Å². The second-order valence-corrected chi connectivity index (χ2v) is 13.4. The Morgan fingerprint density at radius 2 is 1.93 bits per heavy atom. The van der Waals surface area contributed by atoms with E-state index in [1.165, 1.54) is 7.11 Å². The van der Waals surface area contributed by atoms with Crippen molar-refractivity contribution in [3.8, 4) is 0 Å². The van der Waals surface area contributed by atoms with Crippen molar-refractivity contribution in [2.24, 2.45) is 17.3 Å². The van der Waals surface area contributed by atoms with Gasteiger partial charge < -0.3 is 33.9 Å². The number of esters is 2. The number of allylic oxidation sites excluding steroid dienone is 2. The quantitative estimate of drug-likeness (QED) is 0.462. The second kappa shape index (κ2) is 8.79. The lowest BCUT2D eigenvalue weighted by atomic mass is 9.63. The lowest BCUT2D eigenvalue weighted by Crippen LogP contribution is -2.59. The highest BCUT2D eigenvalue weighted by Crippen LogP contribution is 2.66. The van der Waals surface area contributed by atoms with Crippen molar-refractivity contribution < 1.29 is 53.1 Å². The number of ketones is 2. The van der Waals surface area contributed by atoms with E-state index in [1.54, 1.807) is 39.8 Å². The van der Waals surface area contributed by atoms with Gasteiger partial charge in [0.1, 0.15) is 28.8 Å². The van der Waals surface area contributed by atoms with E-state index in [2.05, 4.69) is 0 Å². The summed E-state index contributed by atoms with van der Waals surface area (Å²) in [7, 11) is 1.33. The molecule has 0 unspecified atom stereocenters. The number of aliphatic hydroxyl groups excluding tert-OH is 1. The van der Waals surface area contributed by atoms with Crippen LogP contribution in [-0.2, 0) is 42.9 Å². The Morgan fingerprint density at radius 1 is 1.20 bits per heavy atom. The van der Waals surface area contributed by atoms with E-state index < -0.39 is 69.3 Å². The Morgan fingerprint density at radius 3 is 2.56 bits per heavy atom. The van der Waals surface area contributed by atoms with Crippen LogP contribution in [0.15, 0.2) is 23.5 Å². The Labute approximate surface area is 238 Å². The minimum Gasteiger partial charge on any atom is -0.456 e. The molecule has 2 bridgehead atoms. The van der Waals surface area contributed by atoms with Gasteiger partial charge in [0.2, 0.25) is 11.6 Å². The number of rotatable bonds is 5. The van der Waals surface area contributed by atoms with E-state index in [-0.39, 0.29) is 57.3 Å². The van der Waals surface area contributed by atoms with Crippen LogP contribution in [0.3, 0.4) is 0 Å². The smallest absolute Gasteiger partial charge is 0.339 e. The van der Waals surface area contributed by atoms with Gasteiger partial charge in [-0.05, 0) is 51.7 Å². The zero-order valence-electron chi connectivity index (χ0n) is 24.1. The van der Waals surface area contributed by atoms with Crippen LogP contribution in [-0.4, -0.2) is 81.7 Å². The van der Waals surface area contributed by atoms with Crippen LogP contribution in [0.1, 0.15) is 72.6 Å². The summed E-state index contributed by atoms with van der Waals surface area (Å²) in [4.78, 5) is 52.7. The first-order chi connectivity index (χ1) is 19.1. The van der Waals surface area contributed by atoms with Crippen molar-refractivity contribution in [2.75, 3.05) is 13.7 Å². The lowest BCUT2D eigenvalue weighted by Gasteiger charge is -2.43. The molecule has 4 saturated heterocycles. The third kappa shape index (κ3) is 3.68. The van der Waals surface area contributed by atoms with Gasteiger partial charge in [-0.15, -0.1) is 0 Å². The molecule has 11 nitrogen and oxygen atoms in total. The lowest BCUT2D eigenvalue weighted by molar-refractivity contribution is -0.255. The van der Waals surface area contributed by atoms with Crippen molar-refractivity contribution >= 4 is 23.5 Å². The molecule has 1 saturated carbocycles. The van der Waals surface area contributed by atoms with E-state index in [1.807, 2.05) is 0 Å². The van der Waals surface area contributed by atoms with Crippen LogP contribution < -0.4 is 0 Å². The molecular formula is C30H38O11. The van der Waals surface area contributed by atoms with E-state index in [0.29, 0.717) is 11.3 Å². The maximum Gasteiger partial charge on any atom is 0.339 e. The molecule has 0 aromatic rings. The molecule has 9 atom stereocenters. The monoisotopic (exact) mass is 574 g/mol. The SMILES string of the molecule is CO[C@@]12C[C@@](C)(C(=O)[C@H](C)C=C3C=C(C)C(=O)O3)CC[C@@]3(C[C@]45OC(=O)C[C@H]4O[C@@](C)(CO)[C@@H]5CC[C@@]3(O)C1=O)O2. The number of aliphatic hydroxyl groups is 2. The maximum atomic E-state index is 14.3. The predicted octanol–water partition coefficient (Wildman–Crippen LogP) is 1.82. The molecule has 6 aliphatic rings. The Bertz CT molecular complexity index is 1300. The number of cyclic esters (lactones) is 1. The number of hydrogen-bond acceptors (Lipinski definition) is 11. The van der Waals surface area contributed by atoms with Crippen molar-refractivity contribution in [3.05, 3.63) is 23.5 Å².